The molecule has 5 nitrogen and oxygen atoms in total. The summed E-state index contributed by atoms with van der Waals surface area (Å²) >= 11 is 0.840. The molecule has 1 aliphatic rings. The van der Waals surface area contributed by atoms with Crippen molar-refractivity contribution >= 4 is 29.1 Å². The van der Waals surface area contributed by atoms with Crippen LogP contribution in [-0.2, 0) is 14.9 Å². The van der Waals surface area contributed by atoms with Crippen molar-refractivity contribution in [1.29, 1.82) is 0 Å². The summed E-state index contributed by atoms with van der Waals surface area (Å²) in [4.78, 5) is 25.1. The Labute approximate surface area is 216 Å². The minimum atomic E-state index is -0.957. The first-order valence-electron chi connectivity index (χ1n) is 11.7. The average Bonchev–Trinajstić information content (AvgIpc) is 3.62. The van der Waals surface area contributed by atoms with Crippen LogP contribution < -0.4 is 5.32 Å². The number of carbonyl (C=O) groups is 2. The number of hydrogen-bond acceptors (Lipinski definition) is 4. The van der Waals surface area contributed by atoms with Crippen molar-refractivity contribution in [1.82, 2.24) is 0 Å². The third kappa shape index (κ3) is 4.84. The number of benzene rings is 3. The number of halogens is 2. The highest BCUT2D eigenvalue weighted by Gasteiger charge is 2.52. The van der Waals surface area contributed by atoms with Crippen LogP contribution in [0.3, 0.4) is 0 Å². The number of nitrogens with one attached hydrogen (secondary N) is 1. The van der Waals surface area contributed by atoms with Crippen molar-refractivity contribution in [2.75, 3.05) is 5.32 Å². The van der Waals surface area contributed by atoms with Gasteiger partial charge >= 0.3 is 12.1 Å². The Morgan fingerprint density at radius 1 is 0.973 bits per heavy atom. The molecule has 37 heavy (non-hydrogen) atoms. The van der Waals surface area contributed by atoms with Gasteiger partial charge in [0, 0.05) is 17.2 Å². The van der Waals surface area contributed by atoms with E-state index in [-0.39, 0.29) is 11.3 Å². The Kier molecular flexibility index (Phi) is 6.52. The summed E-state index contributed by atoms with van der Waals surface area (Å²) in [5, 5.41) is 11.9. The molecule has 1 amide bonds. The predicted octanol–water partition coefficient (Wildman–Crippen LogP) is 7.79. The van der Waals surface area contributed by atoms with Gasteiger partial charge in [-0.1, -0.05) is 60.7 Å². The molecule has 188 valence electrons. The van der Waals surface area contributed by atoms with Crippen LogP contribution in [0.25, 0.3) is 21.6 Å². The van der Waals surface area contributed by atoms with Crippen LogP contribution in [0.4, 0.5) is 19.3 Å². The van der Waals surface area contributed by atoms with Crippen LogP contribution in [-0.4, -0.2) is 17.2 Å². The van der Waals surface area contributed by atoms with Gasteiger partial charge in [0.2, 0.25) is 0 Å². The van der Waals surface area contributed by atoms with E-state index in [0.717, 1.165) is 22.5 Å². The van der Waals surface area contributed by atoms with Crippen molar-refractivity contribution < 1.29 is 28.2 Å². The molecule has 4 aromatic rings. The summed E-state index contributed by atoms with van der Waals surface area (Å²) in [5.41, 5.74) is 2.30. The molecule has 0 spiro atoms. The first-order valence-corrected chi connectivity index (χ1v) is 12.6. The number of amides is 1. The van der Waals surface area contributed by atoms with Crippen molar-refractivity contribution in [3.05, 3.63) is 101 Å². The van der Waals surface area contributed by atoms with E-state index in [0.29, 0.717) is 28.8 Å². The third-order valence-corrected chi connectivity index (χ3v) is 7.58. The molecule has 0 bridgehead atoms. The molecule has 0 aliphatic heterocycles. The van der Waals surface area contributed by atoms with Crippen LogP contribution in [0, 0.1) is 10.9 Å². The first-order chi connectivity index (χ1) is 17.8. The van der Waals surface area contributed by atoms with Gasteiger partial charge in [-0.15, -0.1) is 11.3 Å². The van der Waals surface area contributed by atoms with Gasteiger partial charge in [0.05, 0.1) is 16.0 Å². The summed E-state index contributed by atoms with van der Waals surface area (Å²) < 4.78 is 34.1. The van der Waals surface area contributed by atoms with Crippen molar-refractivity contribution in [3.8, 4) is 21.6 Å². The van der Waals surface area contributed by atoms with Crippen LogP contribution >= 0.6 is 11.3 Å². The number of thiophene rings is 1. The summed E-state index contributed by atoms with van der Waals surface area (Å²) in [5.74, 6) is -1.39. The number of anilines is 1. The lowest BCUT2D eigenvalue weighted by atomic mass is 9.89. The van der Waals surface area contributed by atoms with Crippen LogP contribution in [0.2, 0.25) is 0 Å². The van der Waals surface area contributed by atoms with Gasteiger partial charge in [-0.05, 0) is 48.6 Å². The second kappa shape index (κ2) is 9.78. The number of carboxylic acids is 1. The summed E-state index contributed by atoms with van der Waals surface area (Å²) in [7, 11) is 0. The molecular weight excluding hydrogens is 496 g/mol. The molecular formula is C29H23F2NO4S. The fraction of sp³-hybridized carbons (Fsp3) is 0.172. The fourth-order valence-electron chi connectivity index (χ4n) is 4.47. The number of hydrogen-bond donors (Lipinski definition) is 2. The number of rotatable bonds is 7. The molecule has 0 radical (unpaired) electrons. The molecule has 2 N–H and O–H groups in total. The van der Waals surface area contributed by atoms with E-state index in [9.17, 15) is 23.5 Å². The minimum absolute atomic E-state index is 0.183. The van der Waals surface area contributed by atoms with E-state index < -0.39 is 34.5 Å². The van der Waals surface area contributed by atoms with E-state index in [4.69, 9.17) is 4.74 Å². The van der Waals surface area contributed by atoms with E-state index in [1.165, 1.54) is 18.2 Å². The monoisotopic (exact) mass is 519 g/mol. The zero-order valence-corrected chi connectivity index (χ0v) is 20.6. The molecule has 8 heteroatoms. The lowest BCUT2D eigenvalue weighted by molar-refractivity contribution is -0.140. The Morgan fingerprint density at radius 2 is 1.68 bits per heavy atom. The number of aliphatic carboxylic acids is 1. The predicted molar refractivity (Wildman–Crippen MR) is 139 cm³/mol. The van der Waals surface area contributed by atoms with Crippen molar-refractivity contribution in [2.24, 2.45) is 0 Å². The third-order valence-electron chi connectivity index (χ3n) is 6.63. The lowest BCUT2D eigenvalue weighted by Crippen LogP contribution is -2.19. The van der Waals surface area contributed by atoms with Gasteiger partial charge in [-0.25, -0.2) is 9.18 Å². The zero-order valence-electron chi connectivity index (χ0n) is 19.8. The topological polar surface area (TPSA) is 75.6 Å². The van der Waals surface area contributed by atoms with Crippen LogP contribution in [0.15, 0.2) is 78.9 Å². The maximum Gasteiger partial charge on any atom is 0.412 e. The molecule has 1 saturated carbocycles. The van der Waals surface area contributed by atoms with Crippen molar-refractivity contribution in [3.63, 3.8) is 0 Å². The highest BCUT2D eigenvalue weighted by atomic mass is 32.1. The Balaban J connectivity index is 1.51. The molecule has 1 atom stereocenters. The molecule has 1 aliphatic carbocycles. The minimum Gasteiger partial charge on any atom is -0.481 e. The van der Waals surface area contributed by atoms with Gasteiger partial charge in [-0.3, -0.25) is 10.1 Å². The van der Waals surface area contributed by atoms with E-state index in [1.807, 2.05) is 36.4 Å². The van der Waals surface area contributed by atoms with E-state index in [1.54, 1.807) is 31.2 Å². The largest absolute Gasteiger partial charge is 0.481 e. The Hall–Kier alpha value is -4.04. The quantitative estimate of drug-likeness (QED) is 0.261. The van der Waals surface area contributed by atoms with Crippen molar-refractivity contribution in [2.45, 2.75) is 31.3 Å². The number of ether oxygens (including phenoxy) is 1. The molecule has 1 unspecified atom stereocenters. The molecule has 3 aromatic carbocycles. The second-order valence-electron chi connectivity index (χ2n) is 9.00. The fourth-order valence-corrected chi connectivity index (χ4v) is 5.34. The molecule has 1 fully saturated rings. The van der Waals surface area contributed by atoms with Gasteiger partial charge in [0.1, 0.15) is 11.9 Å². The van der Waals surface area contributed by atoms with Gasteiger partial charge in [-0.2, -0.15) is 4.39 Å². The normalized spacial score (nSPS) is 14.6. The number of carboxylic acid groups (broad SMARTS) is 1. The zero-order chi connectivity index (χ0) is 26.2. The molecule has 1 heterocycles. The second-order valence-corrected chi connectivity index (χ2v) is 10.0. The maximum absolute atomic E-state index is 14.6. The van der Waals surface area contributed by atoms with Gasteiger partial charge < -0.3 is 9.84 Å². The molecule has 5 rings (SSSR count). The average molecular weight is 520 g/mol. The van der Waals surface area contributed by atoms with Crippen LogP contribution in [0.5, 0.6) is 0 Å². The van der Waals surface area contributed by atoms with Crippen LogP contribution in [0.1, 0.15) is 37.0 Å². The summed E-state index contributed by atoms with van der Waals surface area (Å²) in [6, 6.07) is 22.0. The Bertz CT molecular complexity index is 1480. The number of carbonyl (C=O) groups excluding carboxylic acids is 1. The smallest absolute Gasteiger partial charge is 0.412 e. The summed E-state index contributed by atoms with van der Waals surface area (Å²) in [6.45, 7) is 1.55. The maximum atomic E-state index is 14.6. The Morgan fingerprint density at radius 3 is 2.35 bits per heavy atom. The van der Waals surface area contributed by atoms with Gasteiger partial charge in [0.25, 0.3) is 0 Å². The van der Waals surface area contributed by atoms with Gasteiger partial charge in [0.15, 0.2) is 5.13 Å². The first kappa shape index (κ1) is 24.6. The SMILES string of the molecule is CC(OC(=O)Nc1cc(F)sc1-c1cc(C2(C(=O)O)CC2)ccc1-c1ccccc1)c1ccccc1F. The summed E-state index contributed by atoms with van der Waals surface area (Å²) in [6.07, 6.45) is -0.689. The van der Waals surface area contributed by atoms with E-state index in [2.05, 4.69) is 5.32 Å². The van der Waals surface area contributed by atoms with E-state index >= 15 is 0 Å². The molecule has 0 saturated heterocycles. The highest BCUT2D eigenvalue weighted by molar-refractivity contribution is 7.14. The highest BCUT2D eigenvalue weighted by Crippen LogP contribution is 2.51. The lowest BCUT2D eigenvalue weighted by Gasteiger charge is -2.17. The molecule has 1 aromatic heterocycles. The standard InChI is InChI=1S/C29H23F2NO4S/c1-17(20-9-5-6-10-23(20)30)36-28(35)32-24-16-25(31)37-26(24)22-15-19(29(13-14-29)27(33)34)11-12-21(22)18-7-3-2-4-8-18/h2-12,15-17H,13-14H2,1H3,(H,32,35)(H,33,34).